The lowest BCUT2D eigenvalue weighted by atomic mass is 10.0. The van der Waals surface area contributed by atoms with E-state index in [0.717, 1.165) is 11.1 Å². The van der Waals surface area contributed by atoms with Gasteiger partial charge in [0.25, 0.3) is 0 Å². The maximum absolute atomic E-state index is 13.2. The average Bonchev–Trinajstić information content (AvgIpc) is 2.86. The minimum atomic E-state index is -0.525. The molecule has 2 aromatic heterocycles. The second kappa shape index (κ2) is 8.83. The smallest absolute Gasteiger partial charge is 0.339 e. The van der Waals surface area contributed by atoms with Gasteiger partial charge in [-0.2, -0.15) is 0 Å². The van der Waals surface area contributed by atoms with Gasteiger partial charge in [0.1, 0.15) is 17.9 Å². The molecule has 168 valence electrons. The number of aryl methyl sites for hydroxylation is 1. The molecule has 5 rings (SSSR count). The van der Waals surface area contributed by atoms with Crippen LogP contribution in [0.5, 0.6) is 5.75 Å². The number of ether oxygens (including phenoxy) is 2. The molecule has 2 heterocycles. The largest absolute Gasteiger partial charge is 0.497 e. The van der Waals surface area contributed by atoms with Crippen LogP contribution >= 0.6 is 0 Å². The molecular formula is C28H21NO5. The van der Waals surface area contributed by atoms with Crippen molar-refractivity contribution in [3.63, 3.8) is 0 Å². The SMILES string of the molecule is COc1ccc2c(COC(=O)c3cc(-c4ccc(C)cc4)nc4ccccc34)cc(=O)oc2c1. The highest BCUT2D eigenvalue weighted by Gasteiger charge is 2.17. The molecule has 0 aliphatic carbocycles. The number of fused-ring (bicyclic) bond motifs is 2. The number of para-hydroxylation sites is 1. The first-order chi connectivity index (χ1) is 16.5. The summed E-state index contributed by atoms with van der Waals surface area (Å²) in [5.74, 6) is 0.0681. The molecule has 0 unspecified atom stereocenters. The number of benzene rings is 3. The average molecular weight is 451 g/mol. The Morgan fingerprint density at radius 1 is 0.941 bits per heavy atom. The molecule has 34 heavy (non-hydrogen) atoms. The van der Waals surface area contributed by atoms with Crippen molar-refractivity contribution in [1.82, 2.24) is 4.98 Å². The number of nitrogens with zero attached hydrogens (tertiary/aromatic N) is 1. The lowest BCUT2D eigenvalue weighted by Crippen LogP contribution is -2.09. The highest BCUT2D eigenvalue weighted by atomic mass is 16.5. The van der Waals surface area contributed by atoms with Crippen LogP contribution in [0.4, 0.5) is 0 Å². The fourth-order valence-electron chi connectivity index (χ4n) is 3.89. The van der Waals surface area contributed by atoms with E-state index in [2.05, 4.69) is 0 Å². The molecule has 0 N–H and O–H groups in total. The summed E-state index contributed by atoms with van der Waals surface area (Å²) in [6.07, 6.45) is 0. The van der Waals surface area contributed by atoms with Gasteiger partial charge < -0.3 is 13.9 Å². The third-order valence-corrected chi connectivity index (χ3v) is 5.68. The van der Waals surface area contributed by atoms with Gasteiger partial charge in [0, 0.05) is 34.0 Å². The molecule has 0 radical (unpaired) electrons. The van der Waals surface area contributed by atoms with Crippen LogP contribution in [0.2, 0.25) is 0 Å². The van der Waals surface area contributed by atoms with Gasteiger partial charge >= 0.3 is 11.6 Å². The van der Waals surface area contributed by atoms with Crippen molar-refractivity contribution in [2.24, 2.45) is 0 Å². The van der Waals surface area contributed by atoms with Gasteiger partial charge in [-0.15, -0.1) is 0 Å². The maximum Gasteiger partial charge on any atom is 0.339 e. The summed E-state index contributed by atoms with van der Waals surface area (Å²) in [6, 6.07) is 23.7. The highest BCUT2D eigenvalue weighted by Crippen LogP contribution is 2.27. The van der Waals surface area contributed by atoms with E-state index in [1.54, 1.807) is 24.3 Å². The van der Waals surface area contributed by atoms with Crippen molar-refractivity contribution in [1.29, 1.82) is 0 Å². The van der Waals surface area contributed by atoms with Crippen LogP contribution in [-0.2, 0) is 11.3 Å². The summed E-state index contributed by atoms with van der Waals surface area (Å²) in [5, 5.41) is 1.37. The molecule has 6 heteroatoms. The number of hydrogen-bond acceptors (Lipinski definition) is 6. The third-order valence-electron chi connectivity index (χ3n) is 5.68. The van der Waals surface area contributed by atoms with E-state index in [-0.39, 0.29) is 6.61 Å². The molecular weight excluding hydrogens is 430 g/mol. The normalized spacial score (nSPS) is 11.0. The molecule has 0 aliphatic heterocycles. The van der Waals surface area contributed by atoms with Gasteiger partial charge in [-0.3, -0.25) is 0 Å². The van der Waals surface area contributed by atoms with Gasteiger partial charge in [-0.25, -0.2) is 14.6 Å². The standard InChI is InChI=1S/C28H21NO5/c1-17-7-9-18(10-8-17)25-15-23(22-5-3-4-6-24(22)29-25)28(31)33-16-19-13-27(30)34-26-14-20(32-2)11-12-21(19)26/h3-15H,16H2,1-2H3. The van der Waals surface area contributed by atoms with Crippen LogP contribution in [0, 0.1) is 6.92 Å². The number of rotatable bonds is 5. The fraction of sp³-hybridized carbons (Fsp3) is 0.107. The van der Waals surface area contributed by atoms with Gasteiger partial charge in [-0.1, -0.05) is 48.0 Å². The third kappa shape index (κ3) is 4.13. The lowest BCUT2D eigenvalue weighted by molar-refractivity contribution is 0.0476. The molecule has 0 saturated heterocycles. The molecule has 6 nitrogen and oxygen atoms in total. The number of carbonyl (C=O) groups is 1. The number of methoxy groups -OCH3 is 1. The summed E-state index contributed by atoms with van der Waals surface area (Å²) in [4.78, 5) is 30.0. The van der Waals surface area contributed by atoms with Gasteiger partial charge in [0.05, 0.1) is 23.9 Å². The number of pyridine rings is 1. The van der Waals surface area contributed by atoms with Crippen molar-refractivity contribution < 1.29 is 18.7 Å². The van der Waals surface area contributed by atoms with E-state index in [9.17, 15) is 9.59 Å². The molecule has 5 aromatic rings. The maximum atomic E-state index is 13.2. The van der Waals surface area contributed by atoms with E-state index in [4.69, 9.17) is 18.9 Å². The van der Waals surface area contributed by atoms with Crippen LogP contribution in [0.1, 0.15) is 21.5 Å². The van der Waals surface area contributed by atoms with Crippen molar-refractivity contribution in [2.75, 3.05) is 7.11 Å². The van der Waals surface area contributed by atoms with E-state index >= 15 is 0 Å². The zero-order valence-electron chi connectivity index (χ0n) is 18.7. The van der Waals surface area contributed by atoms with Crippen LogP contribution in [0.15, 0.2) is 88.1 Å². The minimum absolute atomic E-state index is 0.0796. The molecule has 0 fully saturated rings. The number of esters is 1. The number of carbonyl (C=O) groups excluding carboxylic acids is 1. The Kier molecular flexibility index (Phi) is 5.55. The summed E-state index contributed by atoms with van der Waals surface area (Å²) < 4.78 is 16.2. The van der Waals surface area contributed by atoms with Crippen LogP contribution in [0.25, 0.3) is 33.1 Å². The summed E-state index contributed by atoms with van der Waals surface area (Å²) in [5.41, 5.74) is 4.24. The predicted molar refractivity (Wildman–Crippen MR) is 130 cm³/mol. The van der Waals surface area contributed by atoms with Crippen LogP contribution in [-0.4, -0.2) is 18.1 Å². The molecule has 0 bridgehead atoms. The first-order valence-corrected chi connectivity index (χ1v) is 10.8. The Bertz CT molecular complexity index is 1590. The second-order valence-electron chi connectivity index (χ2n) is 7.97. The molecule has 0 spiro atoms. The van der Waals surface area contributed by atoms with E-state index in [1.807, 2.05) is 55.5 Å². The van der Waals surface area contributed by atoms with Crippen LogP contribution < -0.4 is 10.4 Å². The van der Waals surface area contributed by atoms with Crippen molar-refractivity contribution in [3.8, 4) is 17.0 Å². The number of aromatic nitrogens is 1. The first kappa shape index (κ1) is 21.4. The van der Waals surface area contributed by atoms with Crippen molar-refractivity contribution in [3.05, 3.63) is 106 Å². The monoisotopic (exact) mass is 451 g/mol. The molecule has 0 atom stereocenters. The summed E-state index contributed by atoms with van der Waals surface area (Å²) >= 11 is 0. The van der Waals surface area contributed by atoms with E-state index in [1.165, 1.54) is 13.2 Å². The summed E-state index contributed by atoms with van der Waals surface area (Å²) in [7, 11) is 1.54. The Hall–Kier alpha value is -4.45. The van der Waals surface area contributed by atoms with Gasteiger partial charge in [-0.05, 0) is 31.2 Å². The van der Waals surface area contributed by atoms with E-state index < -0.39 is 11.6 Å². The molecule has 0 saturated carbocycles. The predicted octanol–water partition coefficient (Wildman–Crippen LogP) is 5.68. The van der Waals surface area contributed by atoms with Crippen LogP contribution in [0.3, 0.4) is 0 Å². The Balaban J connectivity index is 1.51. The quantitative estimate of drug-likeness (QED) is 0.253. The zero-order valence-corrected chi connectivity index (χ0v) is 18.7. The lowest BCUT2D eigenvalue weighted by Gasteiger charge is -2.11. The van der Waals surface area contributed by atoms with Gasteiger partial charge in [0.15, 0.2) is 0 Å². The second-order valence-corrected chi connectivity index (χ2v) is 7.97. The Morgan fingerprint density at radius 3 is 2.53 bits per heavy atom. The topological polar surface area (TPSA) is 78.6 Å². The number of hydrogen-bond donors (Lipinski definition) is 0. The van der Waals surface area contributed by atoms with Gasteiger partial charge in [0.2, 0.25) is 0 Å². The van der Waals surface area contributed by atoms with Crippen molar-refractivity contribution in [2.45, 2.75) is 13.5 Å². The Morgan fingerprint density at radius 2 is 1.74 bits per heavy atom. The highest BCUT2D eigenvalue weighted by molar-refractivity contribution is 6.04. The Labute approximate surface area is 195 Å². The first-order valence-electron chi connectivity index (χ1n) is 10.8. The fourth-order valence-corrected chi connectivity index (χ4v) is 3.89. The molecule has 3 aromatic carbocycles. The minimum Gasteiger partial charge on any atom is -0.497 e. The molecule has 0 aliphatic rings. The van der Waals surface area contributed by atoms with E-state index in [0.29, 0.717) is 44.4 Å². The van der Waals surface area contributed by atoms with Crippen molar-refractivity contribution >= 4 is 27.8 Å². The summed E-state index contributed by atoms with van der Waals surface area (Å²) in [6.45, 7) is 1.94. The molecule has 0 amide bonds. The zero-order chi connectivity index (χ0) is 23.7.